The van der Waals surface area contributed by atoms with Crippen LogP contribution in [-0.2, 0) is 6.54 Å². The van der Waals surface area contributed by atoms with E-state index in [4.69, 9.17) is 16.0 Å². The summed E-state index contributed by atoms with van der Waals surface area (Å²) in [5, 5.41) is 4.16. The highest BCUT2D eigenvalue weighted by atomic mass is 35.5. The van der Waals surface area contributed by atoms with E-state index in [-0.39, 0.29) is 0 Å². The highest BCUT2D eigenvalue weighted by molar-refractivity contribution is 6.30. The van der Waals surface area contributed by atoms with Crippen LogP contribution < -0.4 is 5.32 Å². The summed E-state index contributed by atoms with van der Waals surface area (Å²) in [5.74, 6) is 1.43. The van der Waals surface area contributed by atoms with Gasteiger partial charge >= 0.3 is 0 Å². The minimum atomic E-state index is 0.544. The highest BCUT2D eigenvalue weighted by Crippen LogP contribution is 2.40. The molecule has 1 fully saturated rings. The molecule has 0 atom stereocenters. The Morgan fingerprint density at radius 2 is 1.95 bits per heavy atom. The first kappa shape index (κ1) is 12.7. The molecule has 0 amide bonds. The van der Waals surface area contributed by atoms with Crippen LogP contribution in [0.2, 0.25) is 5.02 Å². The smallest absolute Gasteiger partial charge is 0.198 e. The summed E-state index contributed by atoms with van der Waals surface area (Å²) in [4.78, 5) is 4.58. The topological polar surface area (TPSA) is 38.1 Å². The number of anilines is 1. The van der Waals surface area contributed by atoms with Gasteiger partial charge in [0.15, 0.2) is 11.5 Å². The molecule has 21 heavy (non-hydrogen) atoms. The zero-order chi connectivity index (χ0) is 14.2. The number of hydrogen-bond donors (Lipinski definition) is 1. The van der Waals surface area contributed by atoms with Crippen LogP contribution in [0.1, 0.15) is 30.2 Å². The van der Waals surface area contributed by atoms with Crippen LogP contribution in [-0.4, -0.2) is 4.98 Å². The predicted octanol–water partition coefficient (Wildman–Crippen LogP) is 4.97. The molecule has 0 aliphatic heterocycles. The normalized spacial score (nSPS) is 14.5. The third-order valence-corrected chi connectivity index (χ3v) is 3.99. The molecule has 1 N–H and O–H groups in total. The lowest BCUT2D eigenvalue weighted by Crippen LogP contribution is -1.98. The van der Waals surface area contributed by atoms with Gasteiger partial charge in [-0.1, -0.05) is 23.7 Å². The number of aromatic nitrogens is 1. The summed E-state index contributed by atoms with van der Waals surface area (Å²) in [6, 6.07) is 13.9. The predicted molar refractivity (Wildman–Crippen MR) is 84.8 cm³/mol. The Hall–Kier alpha value is -2.00. The maximum absolute atomic E-state index is 5.89. The molecule has 106 valence electrons. The second-order valence-electron chi connectivity index (χ2n) is 5.49. The monoisotopic (exact) mass is 298 g/mol. The fourth-order valence-electron chi connectivity index (χ4n) is 2.37. The summed E-state index contributed by atoms with van der Waals surface area (Å²) in [7, 11) is 0. The van der Waals surface area contributed by atoms with Gasteiger partial charge in [-0.15, -0.1) is 0 Å². The van der Waals surface area contributed by atoms with Crippen molar-refractivity contribution in [3.8, 4) is 0 Å². The van der Waals surface area contributed by atoms with Gasteiger partial charge in [-0.3, -0.25) is 0 Å². The third-order valence-electron chi connectivity index (χ3n) is 3.74. The third kappa shape index (κ3) is 2.74. The van der Waals surface area contributed by atoms with Gasteiger partial charge in [-0.25, -0.2) is 4.98 Å². The fourth-order valence-corrected chi connectivity index (χ4v) is 2.49. The minimum Gasteiger partial charge on any atom is -0.440 e. The van der Waals surface area contributed by atoms with E-state index in [9.17, 15) is 0 Å². The molecule has 0 saturated heterocycles. The number of oxazole rings is 1. The Morgan fingerprint density at radius 1 is 1.14 bits per heavy atom. The van der Waals surface area contributed by atoms with Crippen LogP contribution in [0, 0.1) is 0 Å². The van der Waals surface area contributed by atoms with Crippen molar-refractivity contribution >= 4 is 28.4 Å². The lowest BCUT2D eigenvalue weighted by atomic mass is 10.2. The lowest BCUT2D eigenvalue weighted by molar-refractivity contribution is 0.533. The van der Waals surface area contributed by atoms with E-state index in [0.29, 0.717) is 5.92 Å². The van der Waals surface area contributed by atoms with E-state index >= 15 is 0 Å². The molecule has 4 rings (SSSR count). The largest absolute Gasteiger partial charge is 0.440 e. The van der Waals surface area contributed by atoms with Gasteiger partial charge in [-0.05, 0) is 48.7 Å². The first-order valence-electron chi connectivity index (χ1n) is 7.17. The fraction of sp³-hybridized carbons (Fsp3) is 0.235. The van der Waals surface area contributed by atoms with E-state index in [1.807, 2.05) is 42.5 Å². The van der Waals surface area contributed by atoms with Gasteiger partial charge in [0, 0.05) is 23.2 Å². The van der Waals surface area contributed by atoms with Crippen LogP contribution in [0.25, 0.3) is 11.1 Å². The quantitative estimate of drug-likeness (QED) is 0.739. The van der Waals surface area contributed by atoms with Gasteiger partial charge in [0.1, 0.15) is 5.52 Å². The molecule has 1 heterocycles. The van der Waals surface area contributed by atoms with Gasteiger partial charge in [-0.2, -0.15) is 0 Å². The number of hydrogen-bond acceptors (Lipinski definition) is 3. The summed E-state index contributed by atoms with van der Waals surface area (Å²) in [5.41, 5.74) is 4.04. The number of rotatable bonds is 4. The molecule has 1 saturated carbocycles. The first-order chi connectivity index (χ1) is 10.3. The second-order valence-corrected chi connectivity index (χ2v) is 5.93. The molecular formula is C17H15ClN2O. The molecule has 4 heteroatoms. The molecule has 3 nitrogen and oxygen atoms in total. The highest BCUT2D eigenvalue weighted by Gasteiger charge is 2.28. The Kier molecular flexibility index (Phi) is 3.08. The van der Waals surface area contributed by atoms with Crippen molar-refractivity contribution in [2.45, 2.75) is 25.3 Å². The number of fused-ring (bicyclic) bond motifs is 1. The van der Waals surface area contributed by atoms with E-state index in [1.165, 1.54) is 18.4 Å². The van der Waals surface area contributed by atoms with Crippen molar-refractivity contribution in [2.75, 3.05) is 5.32 Å². The van der Waals surface area contributed by atoms with E-state index < -0.39 is 0 Å². The van der Waals surface area contributed by atoms with Crippen LogP contribution in [0.5, 0.6) is 0 Å². The minimum absolute atomic E-state index is 0.544. The Morgan fingerprint density at radius 3 is 2.71 bits per heavy atom. The Labute approximate surface area is 127 Å². The van der Waals surface area contributed by atoms with Crippen molar-refractivity contribution in [3.63, 3.8) is 0 Å². The summed E-state index contributed by atoms with van der Waals surface area (Å²) >= 11 is 5.89. The molecule has 2 aromatic carbocycles. The van der Waals surface area contributed by atoms with Crippen LogP contribution in [0.15, 0.2) is 46.9 Å². The standard InChI is InChI=1S/C17H15ClN2O/c18-13-5-1-11(2-6-13)10-19-14-7-8-16-15(9-14)20-17(21-16)12-3-4-12/h1-2,5-9,12,19H,3-4,10H2. The molecule has 0 radical (unpaired) electrons. The summed E-state index contributed by atoms with van der Waals surface area (Å²) in [6.07, 6.45) is 2.41. The molecule has 1 aliphatic rings. The van der Waals surface area contributed by atoms with Crippen LogP contribution >= 0.6 is 11.6 Å². The molecule has 3 aromatic rings. The zero-order valence-electron chi connectivity index (χ0n) is 11.5. The van der Waals surface area contributed by atoms with Crippen LogP contribution in [0.3, 0.4) is 0 Å². The van der Waals surface area contributed by atoms with Crippen molar-refractivity contribution in [1.82, 2.24) is 4.98 Å². The van der Waals surface area contributed by atoms with Gasteiger partial charge < -0.3 is 9.73 Å². The number of nitrogens with zero attached hydrogens (tertiary/aromatic N) is 1. The van der Waals surface area contributed by atoms with Crippen molar-refractivity contribution in [2.24, 2.45) is 0 Å². The SMILES string of the molecule is Clc1ccc(CNc2ccc3oc(C4CC4)nc3c2)cc1. The second kappa shape index (κ2) is 5.08. The van der Waals surface area contributed by atoms with Crippen LogP contribution in [0.4, 0.5) is 5.69 Å². The van der Waals surface area contributed by atoms with Crippen molar-refractivity contribution in [1.29, 1.82) is 0 Å². The zero-order valence-corrected chi connectivity index (χ0v) is 12.2. The van der Waals surface area contributed by atoms with E-state index in [1.54, 1.807) is 0 Å². The first-order valence-corrected chi connectivity index (χ1v) is 7.54. The molecule has 0 bridgehead atoms. The van der Waals surface area contributed by atoms with Crippen molar-refractivity contribution in [3.05, 3.63) is 58.9 Å². The van der Waals surface area contributed by atoms with Gasteiger partial charge in [0.05, 0.1) is 0 Å². The average molecular weight is 299 g/mol. The molecule has 1 aliphatic carbocycles. The van der Waals surface area contributed by atoms with Gasteiger partial charge in [0.2, 0.25) is 0 Å². The molecule has 1 aromatic heterocycles. The van der Waals surface area contributed by atoms with Crippen molar-refractivity contribution < 1.29 is 4.42 Å². The summed E-state index contributed by atoms with van der Waals surface area (Å²) in [6.45, 7) is 0.760. The molecule has 0 spiro atoms. The number of halogens is 1. The average Bonchev–Trinajstić information content (AvgIpc) is 3.26. The maximum Gasteiger partial charge on any atom is 0.198 e. The molecular weight excluding hydrogens is 284 g/mol. The maximum atomic E-state index is 5.89. The Bertz CT molecular complexity index is 775. The number of benzene rings is 2. The van der Waals surface area contributed by atoms with E-state index in [2.05, 4.69) is 10.3 Å². The number of nitrogens with one attached hydrogen (secondary N) is 1. The lowest BCUT2D eigenvalue weighted by Gasteiger charge is -2.06. The Balaban J connectivity index is 1.51. The summed E-state index contributed by atoms with van der Waals surface area (Å²) < 4.78 is 5.77. The van der Waals surface area contributed by atoms with E-state index in [0.717, 1.165) is 34.2 Å². The molecule has 0 unspecified atom stereocenters. The van der Waals surface area contributed by atoms with Gasteiger partial charge in [0.25, 0.3) is 0 Å².